The molecule has 0 aromatic heterocycles. The number of carbonyl (C=O) groups is 1. The largest absolute Gasteiger partial charge is 0.395 e. The van der Waals surface area contributed by atoms with Crippen LogP contribution >= 0.6 is 0 Å². The van der Waals surface area contributed by atoms with Gasteiger partial charge in [0.15, 0.2) is 0 Å². The molecule has 1 fully saturated rings. The van der Waals surface area contributed by atoms with Crippen molar-refractivity contribution in [3.05, 3.63) is 0 Å². The molecule has 2 atom stereocenters. The zero-order chi connectivity index (χ0) is 12.1. The molecule has 5 heteroatoms. The summed E-state index contributed by atoms with van der Waals surface area (Å²) >= 11 is 0. The van der Waals surface area contributed by atoms with Crippen molar-refractivity contribution in [2.24, 2.45) is 17.6 Å². The van der Waals surface area contributed by atoms with E-state index in [1.807, 2.05) is 0 Å². The molecule has 4 N–H and O–H groups in total. The lowest BCUT2D eigenvalue weighted by molar-refractivity contribution is 0.130. The van der Waals surface area contributed by atoms with Gasteiger partial charge in [0.05, 0.1) is 6.61 Å². The molecule has 1 heterocycles. The van der Waals surface area contributed by atoms with Gasteiger partial charge in [-0.15, -0.1) is 0 Å². The molecule has 2 amide bonds. The van der Waals surface area contributed by atoms with Crippen LogP contribution in [0.1, 0.15) is 20.3 Å². The quantitative estimate of drug-likeness (QED) is 0.634. The normalized spacial score (nSPS) is 26.1. The van der Waals surface area contributed by atoms with Gasteiger partial charge in [0, 0.05) is 25.7 Å². The minimum Gasteiger partial charge on any atom is -0.395 e. The first-order chi connectivity index (χ1) is 7.54. The molecule has 0 aromatic carbocycles. The third-order valence-corrected chi connectivity index (χ3v) is 3.28. The van der Waals surface area contributed by atoms with Gasteiger partial charge in [-0.1, -0.05) is 13.8 Å². The summed E-state index contributed by atoms with van der Waals surface area (Å²) in [5.74, 6) is 1.03. The van der Waals surface area contributed by atoms with Crippen molar-refractivity contribution >= 4 is 6.03 Å². The molecule has 16 heavy (non-hydrogen) atoms. The first-order valence-electron chi connectivity index (χ1n) is 5.93. The predicted octanol–water partition coefficient (Wildman–Crippen LogP) is -0.00650. The van der Waals surface area contributed by atoms with Crippen LogP contribution in [-0.4, -0.2) is 48.3 Å². The second kappa shape index (κ2) is 6.06. The molecule has 1 aliphatic heterocycles. The van der Waals surface area contributed by atoms with E-state index in [1.54, 1.807) is 4.90 Å². The molecule has 0 aliphatic carbocycles. The Hall–Kier alpha value is -0.810. The van der Waals surface area contributed by atoms with Crippen molar-refractivity contribution in [3.63, 3.8) is 0 Å². The third-order valence-electron chi connectivity index (χ3n) is 3.28. The number of aliphatic hydroxyl groups excluding tert-OH is 1. The molecular formula is C11H23N3O2. The van der Waals surface area contributed by atoms with Crippen LogP contribution in [0.25, 0.3) is 0 Å². The van der Waals surface area contributed by atoms with Gasteiger partial charge in [0.2, 0.25) is 0 Å². The summed E-state index contributed by atoms with van der Waals surface area (Å²) in [7, 11) is 0. The molecule has 1 rings (SSSR count). The number of nitrogens with one attached hydrogen (secondary N) is 1. The van der Waals surface area contributed by atoms with Gasteiger partial charge in [0.25, 0.3) is 0 Å². The van der Waals surface area contributed by atoms with E-state index in [0.717, 1.165) is 13.0 Å². The van der Waals surface area contributed by atoms with Gasteiger partial charge in [-0.2, -0.15) is 0 Å². The van der Waals surface area contributed by atoms with E-state index in [1.165, 1.54) is 0 Å². The molecule has 0 spiro atoms. The molecule has 2 unspecified atom stereocenters. The Bertz CT molecular complexity index is 233. The maximum absolute atomic E-state index is 11.2. The average molecular weight is 229 g/mol. The second-order valence-corrected chi connectivity index (χ2v) is 4.86. The topological polar surface area (TPSA) is 78.6 Å². The van der Waals surface area contributed by atoms with Crippen LogP contribution in [0.2, 0.25) is 0 Å². The number of rotatable bonds is 4. The van der Waals surface area contributed by atoms with Gasteiger partial charge in [-0.25, -0.2) is 4.79 Å². The predicted molar refractivity (Wildman–Crippen MR) is 63.0 cm³/mol. The molecule has 0 bridgehead atoms. The maximum Gasteiger partial charge on any atom is 0.314 e. The summed E-state index contributed by atoms with van der Waals surface area (Å²) in [5.41, 5.74) is 5.33. The molecule has 1 aliphatic rings. The van der Waals surface area contributed by atoms with E-state index in [0.29, 0.717) is 24.9 Å². The Morgan fingerprint density at radius 1 is 1.56 bits per heavy atom. The lowest BCUT2D eigenvalue weighted by Crippen LogP contribution is -2.54. The SMILES string of the molecule is CC(C)C1CC(NCCO)CN(C(N)=O)C1. The lowest BCUT2D eigenvalue weighted by Gasteiger charge is -2.39. The van der Waals surface area contributed by atoms with Crippen molar-refractivity contribution in [3.8, 4) is 0 Å². The number of urea groups is 1. The Balaban J connectivity index is 2.55. The van der Waals surface area contributed by atoms with E-state index in [2.05, 4.69) is 19.2 Å². The standard InChI is InChI=1S/C11H23N3O2/c1-8(2)9-5-10(13-3-4-15)7-14(6-9)11(12)16/h8-10,13,15H,3-7H2,1-2H3,(H2,12,16). The highest BCUT2D eigenvalue weighted by Gasteiger charge is 2.30. The number of amides is 2. The number of nitrogens with two attached hydrogens (primary N) is 1. The minimum absolute atomic E-state index is 0.124. The number of primary amides is 1. The van der Waals surface area contributed by atoms with E-state index in [9.17, 15) is 4.79 Å². The van der Waals surface area contributed by atoms with Crippen LogP contribution < -0.4 is 11.1 Å². The molecular weight excluding hydrogens is 206 g/mol. The third kappa shape index (κ3) is 3.64. The minimum atomic E-state index is -0.346. The summed E-state index contributed by atoms with van der Waals surface area (Å²) in [6.45, 7) is 6.43. The number of hydrogen-bond acceptors (Lipinski definition) is 3. The Kier molecular flexibility index (Phi) is 5.02. The van der Waals surface area contributed by atoms with Crippen LogP contribution in [0.15, 0.2) is 0 Å². The summed E-state index contributed by atoms with van der Waals surface area (Å²) in [6.07, 6.45) is 1.04. The smallest absolute Gasteiger partial charge is 0.314 e. The Morgan fingerprint density at radius 3 is 2.75 bits per heavy atom. The molecule has 0 radical (unpaired) electrons. The zero-order valence-corrected chi connectivity index (χ0v) is 10.1. The number of hydrogen-bond donors (Lipinski definition) is 3. The Morgan fingerprint density at radius 2 is 2.25 bits per heavy atom. The fourth-order valence-electron chi connectivity index (χ4n) is 2.22. The average Bonchev–Trinajstić information content (AvgIpc) is 2.25. The summed E-state index contributed by atoms with van der Waals surface area (Å²) in [4.78, 5) is 12.9. The number of aliphatic hydroxyl groups is 1. The summed E-state index contributed by atoms with van der Waals surface area (Å²) in [6, 6.07) is -0.0954. The number of likely N-dealkylation sites (tertiary alicyclic amines) is 1. The summed E-state index contributed by atoms with van der Waals surface area (Å²) < 4.78 is 0. The number of carbonyl (C=O) groups excluding carboxylic acids is 1. The fourth-order valence-corrected chi connectivity index (χ4v) is 2.22. The van der Waals surface area contributed by atoms with Crippen molar-refractivity contribution in [2.45, 2.75) is 26.3 Å². The second-order valence-electron chi connectivity index (χ2n) is 4.86. The van der Waals surface area contributed by atoms with E-state index >= 15 is 0 Å². The first-order valence-corrected chi connectivity index (χ1v) is 5.93. The highest BCUT2D eigenvalue weighted by molar-refractivity contribution is 5.72. The van der Waals surface area contributed by atoms with Gasteiger partial charge < -0.3 is 21.1 Å². The maximum atomic E-state index is 11.2. The van der Waals surface area contributed by atoms with Crippen LogP contribution in [0.5, 0.6) is 0 Å². The van der Waals surface area contributed by atoms with Crippen molar-refractivity contribution in [1.82, 2.24) is 10.2 Å². The van der Waals surface area contributed by atoms with Crippen LogP contribution in [0.3, 0.4) is 0 Å². The van der Waals surface area contributed by atoms with Gasteiger partial charge in [-0.05, 0) is 18.3 Å². The van der Waals surface area contributed by atoms with Crippen molar-refractivity contribution in [2.75, 3.05) is 26.2 Å². The molecule has 0 saturated carbocycles. The fraction of sp³-hybridized carbons (Fsp3) is 0.909. The Labute approximate surface area is 97.0 Å². The highest BCUT2D eigenvalue weighted by Crippen LogP contribution is 2.23. The van der Waals surface area contributed by atoms with Crippen LogP contribution in [-0.2, 0) is 0 Å². The lowest BCUT2D eigenvalue weighted by atomic mass is 9.85. The zero-order valence-electron chi connectivity index (χ0n) is 10.1. The van der Waals surface area contributed by atoms with E-state index in [4.69, 9.17) is 10.8 Å². The number of piperidine rings is 1. The van der Waals surface area contributed by atoms with E-state index < -0.39 is 0 Å². The van der Waals surface area contributed by atoms with Gasteiger partial charge >= 0.3 is 6.03 Å². The van der Waals surface area contributed by atoms with Gasteiger partial charge in [0.1, 0.15) is 0 Å². The summed E-state index contributed by atoms with van der Waals surface area (Å²) in [5, 5.41) is 12.0. The molecule has 94 valence electrons. The number of nitrogens with zero attached hydrogens (tertiary/aromatic N) is 1. The van der Waals surface area contributed by atoms with Crippen molar-refractivity contribution < 1.29 is 9.90 Å². The van der Waals surface area contributed by atoms with Crippen molar-refractivity contribution in [1.29, 1.82) is 0 Å². The van der Waals surface area contributed by atoms with E-state index in [-0.39, 0.29) is 18.7 Å². The van der Waals surface area contributed by atoms with Gasteiger partial charge in [-0.3, -0.25) is 0 Å². The monoisotopic (exact) mass is 229 g/mol. The molecule has 1 saturated heterocycles. The van der Waals surface area contributed by atoms with Crippen LogP contribution in [0.4, 0.5) is 4.79 Å². The molecule has 5 nitrogen and oxygen atoms in total. The highest BCUT2D eigenvalue weighted by atomic mass is 16.3. The first kappa shape index (κ1) is 13.3. The van der Waals surface area contributed by atoms with Crippen LogP contribution in [0, 0.1) is 11.8 Å². The molecule has 0 aromatic rings.